The second kappa shape index (κ2) is 8.17. The molecule has 25 heavy (non-hydrogen) atoms. The zero-order valence-electron chi connectivity index (χ0n) is 14.0. The van der Waals surface area contributed by atoms with E-state index in [9.17, 15) is 21.2 Å². The molecule has 1 aromatic carbocycles. The quantitative estimate of drug-likeness (QED) is 0.731. The minimum atomic E-state index is -3.86. The number of anilines is 1. The number of hydrogen-bond acceptors (Lipinski definition) is 5. The maximum absolute atomic E-state index is 14.2. The van der Waals surface area contributed by atoms with E-state index in [4.69, 9.17) is 5.73 Å². The molecule has 1 saturated heterocycles. The van der Waals surface area contributed by atoms with Gasteiger partial charge in [-0.1, -0.05) is 0 Å². The van der Waals surface area contributed by atoms with Crippen LogP contribution < -0.4 is 10.5 Å². The number of hydrogen-bond donors (Lipinski definition) is 2. The van der Waals surface area contributed by atoms with E-state index in [2.05, 4.69) is 4.72 Å². The summed E-state index contributed by atoms with van der Waals surface area (Å²) in [6.07, 6.45) is 1.38. The Morgan fingerprint density at radius 2 is 1.96 bits per heavy atom. The molecule has 0 saturated carbocycles. The Hall–Kier alpha value is -0.940. The average molecular weight is 416 g/mol. The molecule has 0 amide bonds. The molecule has 144 valence electrons. The summed E-state index contributed by atoms with van der Waals surface area (Å²) in [7, 11) is -7.58. The lowest BCUT2D eigenvalue weighted by atomic mass is 10.2. The van der Waals surface area contributed by atoms with E-state index in [1.807, 2.05) is 0 Å². The maximum atomic E-state index is 14.2. The van der Waals surface area contributed by atoms with Gasteiger partial charge in [-0.2, -0.15) is 4.31 Å². The maximum Gasteiger partial charge on any atom is 0.243 e. The molecule has 7 nitrogen and oxygen atoms in total. The molecule has 1 fully saturated rings. The van der Waals surface area contributed by atoms with Crippen LogP contribution in [0.5, 0.6) is 0 Å². The molecular formula is C14H23ClFN3O4S2. The number of nitrogens with two attached hydrogens (primary N) is 1. The van der Waals surface area contributed by atoms with E-state index in [-0.39, 0.29) is 35.6 Å². The van der Waals surface area contributed by atoms with Gasteiger partial charge >= 0.3 is 0 Å². The molecule has 1 atom stereocenters. The fraction of sp³-hybridized carbons (Fsp3) is 0.571. The summed E-state index contributed by atoms with van der Waals surface area (Å²) in [5.74, 6) is -0.941. The van der Waals surface area contributed by atoms with Gasteiger partial charge in [-0.05, 0) is 44.9 Å². The Bertz CT molecular complexity index is 815. The van der Waals surface area contributed by atoms with Crippen LogP contribution in [0.4, 0.5) is 10.1 Å². The predicted molar refractivity (Wildman–Crippen MR) is 97.3 cm³/mol. The number of benzene rings is 1. The zero-order chi connectivity index (χ0) is 18.1. The zero-order valence-corrected chi connectivity index (χ0v) is 16.4. The summed E-state index contributed by atoms with van der Waals surface area (Å²) in [6.45, 7) is 3.46. The molecule has 3 N–H and O–H groups in total. The van der Waals surface area contributed by atoms with Gasteiger partial charge < -0.3 is 5.73 Å². The van der Waals surface area contributed by atoms with Gasteiger partial charge in [0.05, 0.1) is 15.8 Å². The van der Waals surface area contributed by atoms with E-state index in [1.54, 1.807) is 0 Å². The number of nitrogens with one attached hydrogen (secondary N) is 1. The summed E-state index contributed by atoms with van der Waals surface area (Å²) in [6, 6.07) is 2.86. The van der Waals surface area contributed by atoms with Gasteiger partial charge in [-0.25, -0.2) is 21.2 Å². The van der Waals surface area contributed by atoms with Crippen LogP contribution in [0.25, 0.3) is 0 Å². The standard InChI is InChI=1S/C14H22FN3O4S2.ClH/c1-10(2)23(19,20)17-14-6-5-12(8-13(14)15)24(21,22)18-7-3-4-11(18)9-16;/h5-6,8,10-11,17H,3-4,7,9,16H2,1-2H3;1H. The second-order valence-electron chi connectivity index (χ2n) is 5.98. The monoisotopic (exact) mass is 415 g/mol. The minimum Gasteiger partial charge on any atom is -0.329 e. The first kappa shape index (κ1) is 22.1. The van der Waals surface area contributed by atoms with Crippen molar-refractivity contribution >= 4 is 38.1 Å². The fourth-order valence-electron chi connectivity index (χ4n) is 2.51. The van der Waals surface area contributed by atoms with E-state index < -0.39 is 31.1 Å². The molecule has 0 aliphatic carbocycles. The van der Waals surface area contributed by atoms with Crippen molar-refractivity contribution in [1.29, 1.82) is 0 Å². The molecule has 11 heteroatoms. The van der Waals surface area contributed by atoms with Crippen LogP contribution in [0.3, 0.4) is 0 Å². The van der Waals surface area contributed by atoms with Crippen molar-refractivity contribution < 1.29 is 21.2 Å². The highest BCUT2D eigenvalue weighted by Gasteiger charge is 2.34. The van der Waals surface area contributed by atoms with Gasteiger partial charge in [-0.3, -0.25) is 4.72 Å². The van der Waals surface area contributed by atoms with Crippen molar-refractivity contribution in [2.75, 3.05) is 17.8 Å². The van der Waals surface area contributed by atoms with E-state index in [1.165, 1.54) is 24.2 Å². The van der Waals surface area contributed by atoms with Gasteiger partial charge in [0.15, 0.2) is 0 Å². The Morgan fingerprint density at radius 1 is 1.32 bits per heavy atom. The van der Waals surface area contributed by atoms with Gasteiger partial charge in [0.1, 0.15) is 5.82 Å². The lowest BCUT2D eigenvalue weighted by molar-refractivity contribution is 0.393. The van der Waals surface area contributed by atoms with Crippen molar-refractivity contribution in [3.63, 3.8) is 0 Å². The molecule has 1 aromatic rings. The summed E-state index contributed by atoms with van der Waals surface area (Å²) >= 11 is 0. The van der Waals surface area contributed by atoms with Crippen molar-refractivity contribution in [1.82, 2.24) is 4.31 Å². The largest absolute Gasteiger partial charge is 0.329 e. The number of sulfonamides is 2. The van der Waals surface area contributed by atoms with Crippen LogP contribution in [0.1, 0.15) is 26.7 Å². The van der Waals surface area contributed by atoms with Gasteiger partial charge in [-0.15, -0.1) is 12.4 Å². The van der Waals surface area contributed by atoms with Crippen molar-refractivity contribution in [2.24, 2.45) is 5.73 Å². The molecule has 1 aliphatic heterocycles. The van der Waals surface area contributed by atoms with Crippen molar-refractivity contribution in [2.45, 2.75) is 42.9 Å². The molecule has 1 aliphatic rings. The smallest absolute Gasteiger partial charge is 0.243 e. The van der Waals surface area contributed by atoms with E-state index in [0.717, 1.165) is 12.1 Å². The minimum absolute atomic E-state index is 0. The lowest BCUT2D eigenvalue weighted by Gasteiger charge is -2.23. The molecule has 1 unspecified atom stereocenters. The Morgan fingerprint density at radius 3 is 2.48 bits per heavy atom. The van der Waals surface area contributed by atoms with Crippen LogP contribution in [-0.4, -0.2) is 45.5 Å². The van der Waals surface area contributed by atoms with Crippen LogP contribution in [0.2, 0.25) is 0 Å². The molecule has 2 rings (SSSR count). The van der Waals surface area contributed by atoms with Crippen LogP contribution in [0.15, 0.2) is 23.1 Å². The Balaban J connectivity index is 0.00000312. The summed E-state index contributed by atoms with van der Waals surface area (Å²) in [5, 5.41) is -0.741. The molecule has 1 heterocycles. The first-order chi connectivity index (χ1) is 11.1. The predicted octanol–water partition coefficient (Wildman–Crippen LogP) is 1.51. The van der Waals surface area contributed by atoms with E-state index >= 15 is 0 Å². The highest BCUT2D eigenvalue weighted by atomic mass is 35.5. The van der Waals surface area contributed by atoms with Gasteiger partial charge in [0.25, 0.3) is 0 Å². The van der Waals surface area contributed by atoms with Gasteiger partial charge in [0, 0.05) is 19.1 Å². The molecular weight excluding hydrogens is 393 g/mol. The fourth-order valence-corrected chi connectivity index (χ4v) is 4.93. The summed E-state index contributed by atoms with van der Waals surface area (Å²) in [5.41, 5.74) is 5.32. The number of rotatable bonds is 6. The van der Waals surface area contributed by atoms with Crippen molar-refractivity contribution in [3.05, 3.63) is 24.0 Å². The topological polar surface area (TPSA) is 110 Å². The third kappa shape index (κ3) is 4.62. The Labute approximate surface area is 154 Å². The molecule has 0 bridgehead atoms. The van der Waals surface area contributed by atoms with E-state index in [0.29, 0.717) is 19.4 Å². The second-order valence-corrected chi connectivity index (χ2v) is 10.1. The molecule has 0 spiro atoms. The number of halogens is 2. The SMILES string of the molecule is CC(C)S(=O)(=O)Nc1ccc(S(=O)(=O)N2CCCC2CN)cc1F.Cl. The first-order valence-corrected chi connectivity index (χ1v) is 10.6. The van der Waals surface area contributed by atoms with Crippen LogP contribution in [-0.2, 0) is 20.0 Å². The summed E-state index contributed by atoms with van der Waals surface area (Å²) in [4.78, 5) is -0.215. The lowest BCUT2D eigenvalue weighted by Crippen LogP contribution is -2.39. The third-order valence-electron chi connectivity index (χ3n) is 4.02. The summed E-state index contributed by atoms with van der Waals surface area (Å²) < 4.78 is 66.5. The highest BCUT2D eigenvalue weighted by molar-refractivity contribution is 7.93. The van der Waals surface area contributed by atoms with Crippen molar-refractivity contribution in [3.8, 4) is 0 Å². The normalized spacial score (nSPS) is 19.0. The molecule has 0 radical (unpaired) electrons. The first-order valence-electron chi connectivity index (χ1n) is 7.62. The third-order valence-corrected chi connectivity index (χ3v) is 7.71. The highest BCUT2D eigenvalue weighted by Crippen LogP contribution is 2.28. The number of nitrogens with zero attached hydrogens (tertiary/aromatic N) is 1. The average Bonchev–Trinajstić information content (AvgIpc) is 2.98. The van der Waals surface area contributed by atoms with Gasteiger partial charge in [0.2, 0.25) is 20.0 Å². The van der Waals surface area contributed by atoms with Crippen LogP contribution in [0, 0.1) is 5.82 Å². The molecule has 0 aromatic heterocycles. The van der Waals surface area contributed by atoms with Crippen LogP contribution >= 0.6 is 12.4 Å². The Kier molecular flexibility index (Phi) is 7.22.